The van der Waals surface area contributed by atoms with Crippen molar-refractivity contribution in [1.29, 1.82) is 0 Å². The zero-order valence-electron chi connectivity index (χ0n) is 12.3. The molecule has 2 aromatic carbocycles. The lowest BCUT2D eigenvalue weighted by molar-refractivity contribution is 0.111. The minimum Gasteiger partial charge on any atom is -0.488 e. The van der Waals surface area contributed by atoms with E-state index in [-0.39, 0.29) is 0 Å². The first-order chi connectivity index (χ1) is 10.8. The molecule has 0 saturated carbocycles. The van der Waals surface area contributed by atoms with Gasteiger partial charge >= 0.3 is 0 Å². The van der Waals surface area contributed by atoms with Gasteiger partial charge < -0.3 is 9.15 Å². The molecule has 0 aliphatic carbocycles. The molecule has 0 bridgehead atoms. The van der Waals surface area contributed by atoms with Crippen LogP contribution in [-0.4, -0.2) is 6.29 Å². The maximum atomic E-state index is 11.3. The van der Waals surface area contributed by atoms with Crippen LogP contribution in [0.1, 0.15) is 21.7 Å². The van der Waals surface area contributed by atoms with E-state index in [0.29, 0.717) is 17.9 Å². The van der Waals surface area contributed by atoms with Crippen molar-refractivity contribution in [3.63, 3.8) is 0 Å². The predicted molar refractivity (Wildman–Crippen MR) is 85.0 cm³/mol. The monoisotopic (exact) mass is 292 g/mol. The van der Waals surface area contributed by atoms with Gasteiger partial charge in [0, 0.05) is 5.56 Å². The average Bonchev–Trinajstić information content (AvgIpc) is 3.00. The third-order valence-electron chi connectivity index (χ3n) is 3.40. The molecule has 22 heavy (non-hydrogen) atoms. The molecule has 3 rings (SSSR count). The van der Waals surface area contributed by atoms with Gasteiger partial charge in [-0.3, -0.25) is 4.79 Å². The number of hydrogen-bond acceptors (Lipinski definition) is 3. The van der Waals surface area contributed by atoms with Crippen molar-refractivity contribution in [2.75, 3.05) is 0 Å². The minimum atomic E-state index is 0.431. The molecule has 0 spiro atoms. The van der Waals surface area contributed by atoms with Gasteiger partial charge in [-0.15, -0.1) is 0 Å². The Labute approximate surface area is 129 Å². The normalized spacial score (nSPS) is 10.4. The van der Waals surface area contributed by atoms with Gasteiger partial charge in [-0.25, -0.2) is 0 Å². The zero-order valence-corrected chi connectivity index (χ0v) is 12.3. The van der Waals surface area contributed by atoms with Crippen LogP contribution < -0.4 is 4.74 Å². The summed E-state index contributed by atoms with van der Waals surface area (Å²) in [5.74, 6) is 2.16. The molecule has 3 heteroatoms. The van der Waals surface area contributed by atoms with Crippen LogP contribution in [-0.2, 0) is 6.61 Å². The Kier molecular flexibility index (Phi) is 4.05. The summed E-state index contributed by atoms with van der Waals surface area (Å²) in [6.07, 6.45) is 0.805. The SMILES string of the molecule is Cc1ccc(-c2ccc(OCc3ccccc3)c(C=O)c2)o1. The van der Waals surface area contributed by atoms with Crippen LogP contribution in [0.4, 0.5) is 0 Å². The van der Waals surface area contributed by atoms with Crippen molar-refractivity contribution in [1.82, 2.24) is 0 Å². The molecule has 3 nitrogen and oxygen atoms in total. The van der Waals surface area contributed by atoms with Gasteiger partial charge in [0.1, 0.15) is 23.9 Å². The molecule has 0 amide bonds. The number of aldehydes is 1. The van der Waals surface area contributed by atoms with Gasteiger partial charge in [0.25, 0.3) is 0 Å². The van der Waals surface area contributed by atoms with E-state index in [1.165, 1.54) is 0 Å². The molecule has 110 valence electrons. The maximum absolute atomic E-state index is 11.3. The smallest absolute Gasteiger partial charge is 0.153 e. The first-order valence-corrected chi connectivity index (χ1v) is 7.09. The number of ether oxygens (including phenoxy) is 1. The first-order valence-electron chi connectivity index (χ1n) is 7.09. The van der Waals surface area contributed by atoms with Crippen molar-refractivity contribution in [2.24, 2.45) is 0 Å². The second-order valence-corrected chi connectivity index (χ2v) is 5.06. The number of carbonyl (C=O) groups is 1. The van der Waals surface area contributed by atoms with Gasteiger partial charge in [-0.05, 0) is 42.8 Å². The standard InChI is InChI=1S/C19H16O3/c1-14-7-9-19(22-14)16-8-10-18(17(11-16)12-20)21-13-15-5-3-2-4-6-15/h2-12H,13H2,1H3. The third-order valence-corrected chi connectivity index (χ3v) is 3.40. The van der Waals surface area contributed by atoms with E-state index < -0.39 is 0 Å². The molecule has 0 fully saturated rings. The molecule has 0 saturated heterocycles. The Morgan fingerprint density at radius 2 is 1.86 bits per heavy atom. The van der Waals surface area contributed by atoms with E-state index in [1.54, 1.807) is 12.1 Å². The fourth-order valence-electron chi connectivity index (χ4n) is 2.25. The van der Waals surface area contributed by atoms with Crippen LogP contribution in [0.5, 0.6) is 5.75 Å². The molecule has 0 aliphatic heterocycles. The number of aryl methyl sites for hydroxylation is 1. The van der Waals surface area contributed by atoms with Crippen molar-refractivity contribution in [3.05, 3.63) is 77.6 Å². The Morgan fingerprint density at radius 3 is 2.55 bits per heavy atom. The van der Waals surface area contributed by atoms with E-state index in [1.807, 2.05) is 55.5 Å². The van der Waals surface area contributed by atoms with E-state index >= 15 is 0 Å². The molecule has 0 atom stereocenters. The summed E-state index contributed by atoms with van der Waals surface area (Å²) in [6, 6.07) is 19.1. The molecule has 0 unspecified atom stereocenters. The molecule has 0 N–H and O–H groups in total. The van der Waals surface area contributed by atoms with Gasteiger partial charge in [-0.1, -0.05) is 30.3 Å². The summed E-state index contributed by atoms with van der Waals surface area (Å²) in [4.78, 5) is 11.3. The second kappa shape index (κ2) is 6.31. The summed E-state index contributed by atoms with van der Waals surface area (Å²) >= 11 is 0. The Balaban J connectivity index is 1.82. The molecule has 3 aromatic rings. The molecule has 1 heterocycles. The maximum Gasteiger partial charge on any atom is 0.153 e. The van der Waals surface area contributed by atoms with E-state index in [4.69, 9.17) is 9.15 Å². The van der Waals surface area contributed by atoms with E-state index in [2.05, 4.69) is 0 Å². The second-order valence-electron chi connectivity index (χ2n) is 5.06. The fourth-order valence-corrected chi connectivity index (χ4v) is 2.25. The Hall–Kier alpha value is -2.81. The number of carbonyl (C=O) groups excluding carboxylic acids is 1. The van der Waals surface area contributed by atoms with Crippen molar-refractivity contribution < 1.29 is 13.9 Å². The highest BCUT2D eigenvalue weighted by molar-refractivity contribution is 5.82. The van der Waals surface area contributed by atoms with Gasteiger partial charge in [0.05, 0.1) is 5.56 Å². The Morgan fingerprint density at radius 1 is 1.05 bits per heavy atom. The van der Waals surface area contributed by atoms with Crippen molar-refractivity contribution in [3.8, 4) is 17.1 Å². The average molecular weight is 292 g/mol. The summed E-state index contributed by atoms with van der Waals surface area (Å²) in [5, 5.41) is 0. The minimum absolute atomic E-state index is 0.431. The number of rotatable bonds is 5. The van der Waals surface area contributed by atoms with Crippen LogP contribution in [0.25, 0.3) is 11.3 Å². The lowest BCUT2D eigenvalue weighted by atomic mass is 10.1. The van der Waals surface area contributed by atoms with Gasteiger partial charge in [0.2, 0.25) is 0 Å². The number of hydrogen-bond donors (Lipinski definition) is 0. The summed E-state index contributed by atoms with van der Waals surface area (Å²) in [6.45, 7) is 2.32. The van der Waals surface area contributed by atoms with E-state index in [9.17, 15) is 4.79 Å². The molecule has 0 aliphatic rings. The molecule has 1 aromatic heterocycles. The lowest BCUT2D eigenvalue weighted by Crippen LogP contribution is -1.98. The fraction of sp³-hybridized carbons (Fsp3) is 0.105. The molecule has 0 radical (unpaired) electrons. The molecular weight excluding hydrogens is 276 g/mol. The highest BCUT2D eigenvalue weighted by Gasteiger charge is 2.08. The third kappa shape index (κ3) is 3.09. The number of benzene rings is 2. The van der Waals surface area contributed by atoms with Crippen LogP contribution in [0.2, 0.25) is 0 Å². The van der Waals surface area contributed by atoms with Crippen LogP contribution in [0.3, 0.4) is 0 Å². The Bertz CT molecular complexity index is 772. The highest BCUT2D eigenvalue weighted by atomic mass is 16.5. The van der Waals surface area contributed by atoms with Crippen molar-refractivity contribution in [2.45, 2.75) is 13.5 Å². The van der Waals surface area contributed by atoms with Gasteiger partial charge in [-0.2, -0.15) is 0 Å². The predicted octanol–water partition coefficient (Wildman–Crippen LogP) is 4.65. The largest absolute Gasteiger partial charge is 0.488 e. The summed E-state index contributed by atoms with van der Waals surface area (Å²) in [7, 11) is 0. The van der Waals surface area contributed by atoms with E-state index in [0.717, 1.165) is 28.9 Å². The van der Waals surface area contributed by atoms with Crippen LogP contribution in [0.15, 0.2) is 65.1 Å². The number of furan rings is 1. The van der Waals surface area contributed by atoms with Crippen molar-refractivity contribution >= 4 is 6.29 Å². The highest BCUT2D eigenvalue weighted by Crippen LogP contribution is 2.27. The summed E-state index contributed by atoms with van der Waals surface area (Å²) in [5.41, 5.74) is 2.44. The first kappa shape index (κ1) is 14.1. The topological polar surface area (TPSA) is 39.4 Å². The van der Waals surface area contributed by atoms with Crippen LogP contribution >= 0.6 is 0 Å². The summed E-state index contributed by atoms with van der Waals surface area (Å²) < 4.78 is 11.3. The lowest BCUT2D eigenvalue weighted by Gasteiger charge is -2.09. The zero-order chi connectivity index (χ0) is 15.4. The van der Waals surface area contributed by atoms with Gasteiger partial charge in [0.15, 0.2) is 6.29 Å². The molecular formula is C19H16O3. The van der Waals surface area contributed by atoms with Crippen LogP contribution in [0, 0.1) is 6.92 Å². The quantitative estimate of drug-likeness (QED) is 0.643.